The summed E-state index contributed by atoms with van der Waals surface area (Å²) >= 11 is 0. The lowest BCUT2D eigenvalue weighted by atomic mass is 9.75. The monoisotopic (exact) mass is 237 g/mol. The summed E-state index contributed by atoms with van der Waals surface area (Å²) in [6, 6.07) is 0. The number of carbonyl (C=O) groups excluding carboxylic acids is 1. The highest BCUT2D eigenvalue weighted by molar-refractivity contribution is 5.82. The van der Waals surface area contributed by atoms with Crippen LogP contribution in [0.15, 0.2) is 0 Å². The third-order valence-corrected chi connectivity index (χ3v) is 4.73. The van der Waals surface area contributed by atoms with Crippen LogP contribution in [0.4, 0.5) is 0 Å². The molecule has 0 N–H and O–H groups in total. The number of nitrogens with zero attached hydrogens (tertiary/aromatic N) is 1. The summed E-state index contributed by atoms with van der Waals surface area (Å²) in [5, 5.41) is 0. The summed E-state index contributed by atoms with van der Waals surface area (Å²) < 4.78 is 0. The predicted octanol–water partition coefficient (Wildman–Crippen LogP) is 2.97. The molecule has 0 aromatic rings. The SMILES string of the molecule is CC1CCN(CC2CC(C(C)C)CCC2=O)C1. The van der Waals surface area contributed by atoms with Gasteiger partial charge in [-0.3, -0.25) is 4.79 Å². The molecule has 1 aliphatic heterocycles. The van der Waals surface area contributed by atoms with Crippen LogP contribution in [0.5, 0.6) is 0 Å². The van der Waals surface area contributed by atoms with Crippen LogP contribution < -0.4 is 0 Å². The zero-order chi connectivity index (χ0) is 12.4. The fraction of sp³-hybridized carbons (Fsp3) is 0.933. The van der Waals surface area contributed by atoms with Crippen LogP contribution in [0.25, 0.3) is 0 Å². The highest BCUT2D eigenvalue weighted by Crippen LogP contribution is 2.32. The minimum Gasteiger partial charge on any atom is -0.302 e. The van der Waals surface area contributed by atoms with Crippen molar-refractivity contribution in [1.82, 2.24) is 4.90 Å². The molecule has 2 aliphatic rings. The lowest BCUT2D eigenvalue weighted by Crippen LogP contribution is -2.36. The Balaban J connectivity index is 1.87. The summed E-state index contributed by atoms with van der Waals surface area (Å²) in [5.41, 5.74) is 0. The number of rotatable bonds is 3. The first kappa shape index (κ1) is 13.1. The molecule has 0 bridgehead atoms. The normalized spacial score (nSPS) is 35.8. The molecule has 2 fully saturated rings. The van der Waals surface area contributed by atoms with E-state index in [1.165, 1.54) is 19.5 Å². The minimum absolute atomic E-state index is 0.335. The van der Waals surface area contributed by atoms with Gasteiger partial charge in [0.15, 0.2) is 0 Å². The number of Topliss-reactive ketones (excluding diaryl/α,β-unsaturated/α-hetero) is 1. The van der Waals surface area contributed by atoms with Gasteiger partial charge in [0, 0.05) is 25.4 Å². The zero-order valence-electron chi connectivity index (χ0n) is 11.6. The molecule has 0 spiro atoms. The Hall–Kier alpha value is -0.370. The molecule has 0 aromatic carbocycles. The van der Waals surface area contributed by atoms with E-state index in [1.54, 1.807) is 0 Å². The molecule has 2 heteroatoms. The summed E-state index contributed by atoms with van der Waals surface area (Å²) in [5.74, 6) is 3.21. The van der Waals surface area contributed by atoms with Crippen LogP contribution >= 0.6 is 0 Å². The van der Waals surface area contributed by atoms with Gasteiger partial charge in [-0.05, 0) is 43.6 Å². The van der Waals surface area contributed by atoms with E-state index in [0.717, 1.165) is 43.6 Å². The minimum atomic E-state index is 0.335. The van der Waals surface area contributed by atoms with Crippen molar-refractivity contribution in [2.24, 2.45) is 23.7 Å². The average molecular weight is 237 g/mol. The van der Waals surface area contributed by atoms with Gasteiger partial charge in [0.05, 0.1) is 0 Å². The van der Waals surface area contributed by atoms with Gasteiger partial charge in [-0.25, -0.2) is 0 Å². The van der Waals surface area contributed by atoms with E-state index in [-0.39, 0.29) is 0 Å². The van der Waals surface area contributed by atoms with Crippen LogP contribution in [0.1, 0.15) is 46.5 Å². The van der Waals surface area contributed by atoms with Crippen molar-refractivity contribution in [1.29, 1.82) is 0 Å². The number of hydrogen-bond donors (Lipinski definition) is 0. The first-order valence-corrected chi connectivity index (χ1v) is 7.31. The number of ketones is 1. The number of carbonyl (C=O) groups is 1. The molecule has 2 nitrogen and oxygen atoms in total. The Morgan fingerprint density at radius 1 is 1.35 bits per heavy atom. The van der Waals surface area contributed by atoms with Crippen LogP contribution in [0, 0.1) is 23.7 Å². The molecule has 1 saturated heterocycles. The highest BCUT2D eigenvalue weighted by Gasteiger charge is 2.32. The zero-order valence-corrected chi connectivity index (χ0v) is 11.6. The maximum Gasteiger partial charge on any atom is 0.137 e. The number of likely N-dealkylation sites (tertiary alicyclic amines) is 1. The van der Waals surface area contributed by atoms with Crippen molar-refractivity contribution >= 4 is 5.78 Å². The van der Waals surface area contributed by atoms with Crippen molar-refractivity contribution in [3.8, 4) is 0 Å². The van der Waals surface area contributed by atoms with E-state index in [1.807, 2.05) is 0 Å². The molecule has 3 unspecified atom stereocenters. The fourth-order valence-corrected chi connectivity index (χ4v) is 3.43. The summed E-state index contributed by atoms with van der Waals surface area (Å²) in [7, 11) is 0. The third kappa shape index (κ3) is 3.31. The maximum absolute atomic E-state index is 12.0. The van der Waals surface area contributed by atoms with Crippen molar-refractivity contribution in [3.63, 3.8) is 0 Å². The summed E-state index contributed by atoms with van der Waals surface area (Å²) in [4.78, 5) is 14.5. The lowest BCUT2D eigenvalue weighted by Gasteiger charge is -2.32. The first-order valence-electron chi connectivity index (χ1n) is 7.31. The second kappa shape index (κ2) is 5.51. The van der Waals surface area contributed by atoms with Gasteiger partial charge in [-0.15, -0.1) is 0 Å². The molecule has 3 atom stereocenters. The van der Waals surface area contributed by atoms with Crippen molar-refractivity contribution in [2.45, 2.75) is 46.5 Å². The molecule has 1 saturated carbocycles. The number of hydrogen-bond acceptors (Lipinski definition) is 2. The summed E-state index contributed by atoms with van der Waals surface area (Å²) in [6.07, 6.45) is 4.41. The van der Waals surface area contributed by atoms with E-state index in [0.29, 0.717) is 11.7 Å². The van der Waals surface area contributed by atoms with E-state index in [4.69, 9.17) is 0 Å². The summed E-state index contributed by atoms with van der Waals surface area (Å²) in [6.45, 7) is 10.4. The Kier molecular flexibility index (Phi) is 4.24. The second-order valence-electron chi connectivity index (χ2n) is 6.60. The predicted molar refractivity (Wildman–Crippen MR) is 70.9 cm³/mol. The fourth-order valence-electron chi connectivity index (χ4n) is 3.43. The standard InChI is InChI=1S/C15H27NO/c1-11(2)13-4-5-15(17)14(8-13)10-16-7-6-12(3)9-16/h11-14H,4-10H2,1-3H3. The molecule has 98 valence electrons. The molecule has 2 rings (SSSR count). The van der Waals surface area contributed by atoms with Crippen LogP contribution in [-0.4, -0.2) is 30.3 Å². The Labute approximate surface area is 106 Å². The van der Waals surface area contributed by atoms with Crippen molar-refractivity contribution in [3.05, 3.63) is 0 Å². The van der Waals surface area contributed by atoms with E-state index in [2.05, 4.69) is 25.7 Å². The van der Waals surface area contributed by atoms with Gasteiger partial charge in [0.25, 0.3) is 0 Å². The van der Waals surface area contributed by atoms with E-state index >= 15 is 0 Å². The maximum atomic E-state index is 12.0. The molecule has 1 aliphatic carbocycles. The lowest BCUT2D eigenvalue weighted by molar-refractivity contribution is -0.126. The van der Waals surface area contributed by atoms with Crippen LogP contribution in [0.3, 0.4) is 0 Å². The molecular formula is C15H27NO. The molecular weight excluding hydrogens is 210 g/mol. The van der Waals surface area contributed by atoms with Gasteiger partial charge >= 0.3 is 0 Å². The third-order valence-electron chi connectivity index (χ3n) is 4.73. The molecule has 17 heavy (non-hydrogen) atoms. The van der Waals surface area contributed by atoms with E-state index in [9.17, 15) is 4.79 Å². The molecule has 1 heterocycles. The van der Waals surface area contributed by atoms with Gasteiger partial charge in [0.1, 0.15) is 5.78 Å². The van der Waals surface area contributed by atoms with Crippen LogP contribution in [-0.2, 0) is 4.79 Å². The second-order valence-corrected chi connectivity index (χ2v) is 6.60. The first-order chi connectivity index (χ1) is 8.06. The molecule has 0 aromatic heterocycles. The smallest absolute Gasteiger partial charge is 0.137 e. The largest absolute Gasteiger partial charge is 0.302 e. The van der Waals surface area contributed by atoms with Crippen molar-refractivity contribution < 1.29 is 4.79 Å². The average Bonchev–Trinajstić information content (AvgIpc) is 2.67. The Morgan fingerprint density at radius 3 is 2.71 bits per heavy atom. The Morgan fingerprint density at radius 2 is 2.12 bits per heavy atom. The van der Waals surface area contributed by atoms with Crippen molar-refractivity contribution in [2.75, 3.05) is 19.6 Å². The van der Waals surface area contributed by atoms with Gasteiger partial charge in [-0.2, -0.15) is 0 Å². The van der Waals surface area contributed by atoms with Crippen LogP contribution in [0.2, 0.25) is 0 Å². The molecule has 0 radical (unpaired) electrons. The quantitative estimate of drug-likeness (QED) is 0.752. The highest BCUT2D eigenvalue weighted by atomic mass is 16.1. The van der Waals surface area contributed by atoms with Gasteiger partial charge < -0.3 is 4.90 Å². The van der Waals surface area contributed by atoms with Gasteiger partial charge in [0.2, 0.25) is 0 Å². The van der Waals surface area contributed by atoms with E-state index < -0.39 is 0 Å². The Bertz CT molecular complexity index is 274. The molecule has 0 amide bonds. The topological polar surface area (TPSA) is 20.3 Å². The van der Waals surface area contributed by atoms with Gasteiger partial charge in [-0.1, -0.05) is 20.8 Å².